The van der Waals surface area contributed by atoms with Crippen LogP contribution in [0.4, 0.5) is 5.69 Å². The van der Waals surface area contributed by atoms with Crippen LogP contribution in [-0.4, -0.2) is 21.6 Å². The zero-order chi connectivity index (χ0) is 11.5. The van der Waals surface area contributed by atoms with Gasteiger partial charge in [-0.1, -0.05) is 11.8 Å². The largest absolute Gasteiger partial charge is 0.399 e. The highest BCUT2D eigenvalue weighted by Crippen LogP contribution is 2.20. The molecule has 0 bridgehead atoms. The van der Waals surface area contributed by atoms with Crippen molar-refractivity contribution in [2.24, 2.45) is 5.84 Å². The maximum Gasteiger partial charge on any atom is 0.244 e. The Morgan fingerprint density at radius 3 is 3.12 bits per heavy atom. The Bertz CT molecular complexity index is 524. The molecule has 0 saturated carbocycles. The minimum absolute atomic E-state index is 0.228. The highest BCUT2D eigenvalue weighted by Gasteiger charge is 2.05. The molecule has 1 heterocycles. The lowest BCUT2D eigenvalue weighted by Crippen LogP contribution is -2.31. The van der Waals surface area contributed by atoms with Crippen LogP contribution in [0.5, 0.6) is 0 Å². The minimum Gasteiger partial charge on any atom is -0.399 e. The topological polar surface area (TPSA) is 110 Å². The van der Waals surface area contributed by atoms with Crippen LogP contribution in [0.25, 0.3) is 11.0 Å². The second kappa shape index (κ2) is 4.42. The lowest BCUT2D eigenvalue weighted by Gasteiger charge is -1.95. The molecule has 2 aromatic rings. The number of thioether (sulfide) groups is 1. The highest BCUT2D eigenvalue weighted by atomic mass is 32.2. The molecule has 1 amide bonds. The lowest BCUT2D eigenvalue weighted by atomic mass is 10.3. The van der Waals surface area contributed by atoms with Gasteiger partial charge in [-0.15, -0.1) is 0 Å². The number of rotatable bonds is 3. The van der Waals surface area contributed by atoms with E-state index in [2.05, 4.69) is 15.4 Å². The molecule has 0 aliphatic rings. The quantitative estimate of drug-likeness (QED) is 0.201. The molecule has 16 heavy (non-hydrogen) atoms. The number of nitrogen functional groups attached to an aromatic ring is 1. The number of hydrazine groups is 1. The number of hydrogen-bond donors (Lipinski definition) is 4. The Labute approximate surface area is 95.8 Å². The second-order valence-corrected chi connectivity index (χ2v) is 4.14. The second-order valence-electron chi connectivity index (χ2n) is 3.17. The van der Waals surface area contributed by atoms with Crippen LogP contribution in [0.1, 0.15) is 0 Å². The molecule has 1 aromatic carbocycles. The van der Waals surface area contributed by atoms with E-state index in [0.717, 1.165) is 11.0 Å². The summed E-state index contributed by atoms with van der Waals surface area (Å²) in [5.74, 6) is 4.95. The standard InChI is InChI=1S/C9H11N5OS/c10-5-1-2-6-7(3-5)13-9(12-6)16-4-8(15)14-11/h1-3H,4,10-11H2,(H,12,13)(H,14,15). The van der Waals surface area contributed by atoms with Gasteiger partial charge >= 0.3 is 0 Å². The van der Waals surface area contributed by atoms with E-state index in [1.807, 2.05) is 6.07 Å². The van der Waals surface area contributed by atoms with Crippen LogP contribution in [0.15, 0.2) is 23.4 Å². The van der Waals surface area contributed by atoms with Gasteiger partial charge in [-0.25, -0.2) is 10.8 Å². The molecule has 0 unspecified atom stereocenters. The van der Waals surface area contributed by atoms with Crippen molar-refractivity contribution in [3.05, 3.63) is 18.2 Å². The molecule has 6 nitrogen and oxygen atoms in total. The number of H-pyrrole nitrogens is 1. The van der Waals surface area contributed by atoms with E-state index in [9.17, 15) is 4.79 Å². The fourth-order valence-corrected chi connectivity index (χ4v) is 1.94. The van der Waals surface area contributed by atoms with Crippen molar-refractivity contribution in [2.45, 2.75) is 5.16 Å². The molecule has 0 spiro atoms. The van der Waals surface area contributed by atoms with E-state index in [1.165, 1.54) is 11.8 Å². The zero-order valence-electron chi connectivity index (χ0n) is 8.36. The van der Waals surface area contributed by atoms with Crippen LogP contribution in [0.2, 0.25) is 0 Å². The van der Waals surface area contributed by atoms with Crippen LogP contribution < -0.4 is 17.0 Å². The molecular weight excluding hydrogens is 226 g/mol. The summed E-state index contributed by atoms with van der Waals surface area (Å²) < 4.78 is 0. The van der Waals surface area contributed by atoms with Crippen molar-refractivity contribution in [1.82, 2.24) is 15.4 Å². The molecule has 0 fully saturated rings. The fourth-order valence-electron chi connectivity index (χ4n) is 1.25. The average Bonchev–Trinajstić information content (AvgIpc) is 2.67. The SMILES string of the molecule is NNC(=O)CSc1nc2ccc(N)cc2[nH]1. The van der Waals surface area contributed by atoms with Crippen molar-refractivity contribution in [1.29, 1.82) is 0 Å². The first kappa shape index (κ1) is 10.8. The summed E-state index contributed by atoms with van der Waals surface area (Å²) >= 11 is 1.29. The number of carbonyl (C=O) groups excluding carboxylic acids is 1. The van der Waals surface area contributed by atoms with Crippen LogP contribution in [0, 0.1) is 0 Å². The fraction of sp³-hybridized carbons (Fsp3) is 0.111. The molecule has 0 radical (unpaired) electrons. The number of nitrogens with one attached hydrogen (secondary N) is 2. The van der Waals surface area contributed by atoms with Gasteiger partial charge in [0.2, 0.25) is 5.91 Å². The normalized spacial score (nSPS) is 10.6. The monoisotopic (exact) mass is 237 g/mol. The van der Waals surface area contributed by atoms with Gasteiger partial charge in [-0.2, -0.15) is 0 Å². The summed E-state index contributed by atoms with van der Waals surface area (Å²) in [6.45, 7) is 0. The van der Waals surface area contributed by atoms with Crippen molar-refractivity contribution in [2.75, 3.05) is 11.5 Å². The number of hydrogen-bond acceptors (Lipinski definition) is 5. The number of nitrogens with zero attached hydrogens (tertiary/aromatic N) is 1. The first-order valence-electron chi connectivity index (χ1n) is 4.56. The number of aromatic amines is 1. The molecular formula is C9H11N5OS. The van der Waals surface area contributed by atoms with Crippen molar-refractivity contribution >= 4 is 34.4 Å². The molecule has 2 rings (SSSR count). The predicted molar refractivity (Wildman–Crippen MR) is 63.6 cm³/mol. The van der Waals surface area contributed by atoms with E-state index < -0.39 is 0 Å². The molecule has 0 atom stereocenters. The molecule has 84 valence electrons. The van der Waals surface area contributed by atoms with Crippen LogP contribution >= 0.6 is 11.8 Å². The van der Waals surface area contributed by atoms with Gasteiger partial charge in [-0.3, -0.25) is 10.2 Å². The number of imidazole rings is 1. The first-order chi connectivity index (χ1) is 7.69. The van der Waals surface area contributed by atoms with Gasteiger partial charge in [0.25, 0.3) is 0 Å². The van der Waals surface area contributed by atoms with Crippen molar-refractivity contribution in [3.8, 4) is 0 Å². The highest BCUT2D eigenvalue weighted by molar-refractivity contribution is 7.99. The third-order valence-electron chi connectivity index (χ3n) is 1.99. The third-order valence-corrected chi connectivity index (χ3v) is 2.86. The number of anilines is 1. The Kier molecular flexibility index (Phi) is 2.97. The summed E-state index contributed by atoms with van der Waals surface area (Å²) in [4.78, 5) is 18.3. The Balaban J connectivity index is 2.16. The molecule has 6 N–H and O–H groups in total. The number of fused-ring (bicyclic) bond motifs is 1. The molecule has 0 aliphatic carbocycles. The van der Waals surface area contributed by atoms with Gasteiger partial charge in [0, 0.05) is 5.69 Å². The summed E-state index contributed by atoms with van der Waals surface area (Å²) in [5, 5.41) is 0.671. The first-order valence-corrected chi connectivity index (χ1v) is 5.55. The molecule has 0 saturated heterocycles. The van der Waals surface area contributed by atoms with E-state index in [4.69, 9.17) is 11.6 Å². The zero-order valence-corrected chi connectivity index (χ0v) is 9.17. The van der Waals surface area contributed by atoms with Crippen molar-refractivity contribution in [3.63, 3.8) is 0 Å². The minimum atomic E-state index is -0.245. The number of nitrogens with two attached hydrogens (primary N) is 2. The summed E-state index contributed by atoms with van der Waals surface area (Å²) in [6.07, 6.45) is 0. The number of benzene rings is 1. The molecule has 0 aliphatic heterocycles. The maximum atomic E-state index is 10.9. The van der Waals surface area contributed by atoms with E-state index in [1.54, 1.807) is 12.1 Å². The van der Waals surface area contributed by atoms with Gasteiger partial charge in [-0.05, 0) is 18.2 Å². The predicted octanol–water partition coefficient (Wildman–Crippen LogP) is 0.227. The van der Waals surface area contributed by atoms with E-state index in [-0.39, 0.29) is 11.7 Å². The summed E-state index contributed by atoms with van der Waals surface area (Å²) in [7, 11) is 0. The maximum absolute atomic E-state index is 10.9. The van der Waals surface area contributed by atoms with Gasteiger partial charge in [0.15, 0.2) is 5.16 Å². The van der Waals surface area contributed by atoms with E-state index in [0.29, 0.717) is 10.8 Å². The van der Waals surface area contributed by atoms with Gasteiger partial charge in [0.1, 0.15) is 0 Å². The smallest absolute Gasteiger partial charge is 0.244 e. The summed E-state index contributed by atoms with van der Waals surface area (Å²) in [6, 6.07) is 5.41. The van der Waals surface area contributed by atoms with Gasteiger partial charge in [0.05, 0.1) is 16.8 Å². The Morgan fingerprint density at radius 1 is 1.56 bits per heavy atom. The Hall–Kier alpha value is -1.73. The lowest BCUT2D eigenvalue weighted by molar-refractivity contribution is -0.118. The van der Waals surface area contributed by atoms with Crippen LogP contribution in [-0.2, 0) is 4.79 Å². The number of aromatic nitrogens is 2. The summed E-state index contributed by atoms with van der Waals surface area (Å²) in [5.41, 5.74) is 10.1. The van der Waals surface area contributed by atoms with E-state index >= 15 is 0 Å². The number of carbonyl (C=O) groups is 1. The van der Waals surface area contributed by atoms with Crippen molar-refractivity contribution < 1.29 is 4.79 Å². The van der Waals surface area contributed by atoms with Crippen LogP contribution in [0.3, 0.4) is 0 Å². The molecule has 7 heteroatoms. The Morgan fingerprint density at radius 2 is 2.38 bits per heavy atom. The number of amides is 1. The molecule has 1 aromatic heterocycles. The average molecular weight is 237 g/mol. The van der Waals surface area contributed by atoms with Gasteiger partial charge < -0.3 is 10.7 Å². The third kappa shape index (κ3) is 2.26.